The van der Waals surface area contributed by atoms with Crippen molar-refractivity contribution in [3.63, 3.8) is 0 Å². The second-order valence-corrected chi connectivity index (χ2v) is 11.3. The van der Waals surface area contributed by atoms with Gasteiger partial charge in [-0.15, -0.1) is 0 Å². The summed E-state index contributed by atoms with van der Waals surface area (Å²) in [4.78, 5) is 23.8. The van der Waals surface area contributed by atoms with E-state index >= 15 is 0 Å². The summed E-state index contributed by atoms with van der Waals surface area (Å²) >= 11 is 0. The van der Waals surface area contributed by atoms with Crippen molar-refractivity contribution in [2.75, 3.05) is 54.0 Å². The third-order valence-corrected chi connectivity index (χ3v) is 8.01. The third kappa shape index (κ3) is 9.55. The molecule has 1 atom stereocenters. The molecule has 0 aliphatic heterocycles. The number of ether oxygens (including phenoxy) is 2. The van der Waals surface area contributed by atoms with Gasteiger partial charge < -0.3 is 32.9 Å². The summed E-state index contributed by atoms with van der Waals surface area (Å²) in [7, 11) is -1.49. The first kappa shape index (κ1) is 27.4. The molecule has 0 aromatic rings. The predicted molar refractivity (Wildman–Crippen MR) is 112 cm³/mol. The minimum atomic E-state index is -3.25. The quantitative estimate of drug-likeness (QED) is 0.396. The van der Waals surface area contributed by atoms with Gasteiger partial charge in [0.2, 0.25) is 0 Å². The Morgan fingerprint density at radius 1 is 0.935 bits per heavy atom. The lowest BCUT2D eigenvalue weighted by atomic mass is 9.92. The highest BCUT2D eigenvalue weighted by Crippen LogP contribution is 2.46. The molecule has 2 amide bonds. The van der Waals surface area contributed by atoms with Crippen LogP contribution in [0.3, 0.4) is 0 Å². The number of rotatable bonds is 12. The van der Waals surface area contributed by atoms with Crippen LogP contribution in [-0.2, 0) is 36.7 Å². The van der Waals surface area contributed by atoms with Crippen LogP contribution in [0.2, 0.25) is 0 Å². The van der Waals surface area contributed by atoms with Crippen molar-refractivity contribution in [1.82, 2.24) is 10.6 Å². The summed E-state index contributed by atoms with van der Waals surface area (Å²) in [5, 5.41) is 5.22. The number of amides is 2. The van der Waals surface area contributed by atoms with Crippen LogP contribution in [-0.4, -0.2) is 71.7 Å². The van der Waals surface area contributed by atoms with Gasteiger partial charge in [-0.1, -0.05) is 12.2 Å². The predicted octanol–water partition coefficient (Wildman–Crippen LogP) is 3.01. The zero-order chi connectivity index (χ0) is 23.5. The number of hydrogen-bond acceptors (Lipinski definition) is 10. The number of allylic oxidation sites excluding steroid dienone is 1. The molecule has 0 bridgehead atoms. The van der Waals surface area contributed by atoms with E-state index < -0.39 is 32.9 Å². The molecule has 1 unspecified atom stereocenters. The summed E-state index contributed by atoms with van der Waals surface area (Å²) < 4.78 is 52.8. The summed E-state index contributed by atoms with van der Waals surface area (Å²) in [5.74, 6) is 0. The Balaban J connectivity index is 2.41. The molecule has 14 heteroatoms. The molecule has 0 heterocycles. The highest BCUT2D eigenvalue weighted by molar-refractivity contribution is 7.54. The molecule has 1 aliphatic rings. The van der Waals surface area contributed by atoms with E-state index in [1.807, 2.05) is 0 Å². The van der Waals surface area contributed by atoms with E-state index in [-0.39, 0.29) is 25.5 Å². The molecule has 31 heavy (non-hydrogen) atoms. The number of hydrogen-bond donors (Lipinski definition) is 2. The molecule has 0 saturated heterocycles. The molecule has 1 aliphatic carbocycles. The third-order valence-electron chi connectivity index (χ3n) is 4.32. The molecular formula is C17H30N2O10P2. The van der Waals surface area contributed by atoms with E-state index in [0.717, 1.165) is 0 Å². The molecule has 0 radical (unpaired) electrons. The highest BCUT2D eigenvalue weighted by atomic mass is 31.2. The topological polar surface area (TPSA) is 148 Å². The Labute approximate surface area is 181 Å². The van der Waals surface area contributed by atoms with Crippen LogP contribution in [0.1, 0.15) is 13.3 Å². The van der Waals surface area contributed by atoms with Crippen LogP contribution in [0.4, 0.5) is 9.59 Å². The normalized spacial score (nSPS) is 18.8. The number of nitrogens with one attached hydrogen (secondary N) is 2. The first-order valence-electron chi connectivity index (χ1n) is 9.22. The first-order valence-corrected chi connectivity index (χ1v) is 12.7. The summed E-state index contributed by atoms with van der Waals surface area (Å²) in [6, 6.07) is 0. The van der Waals surface area contributed by atoms with Gasteiger partial charge in [-0.2, -0.15) is 0 Å². The first-order chi connectivity index (χ1) is 14.5. The van der Waals surface area contributed by atoms with Gasteiger partial charge in [0.15, 0.2) is 0 Å². The maximum absolute atomic E-state index is 12.0. The van der Waals surface area contributed by atoms with Crippen LogP contribution < -0.4 is 10.6 Å². The van der Waals surface area contributed by atoms with Gasteiger partial charge in [0.05, 0.1) is 17.9 Å². The Morgan fingerprint density at radius 3 is 1.84 bits per heavy atom. The van der Waals surface area contributed by atoms with Crippen LogP contribution in [0.5, 0.6) is 0 Å². The molecule has 0 saturated carbocycles. The maximum Gasteiger partial charge on any atom is 0.411 e. The molecule has 0 spiro atoms. The molecule has 2 N–H and O–H groups in total. The number of carbonyl (C=O) groups excluding carboxylic acids is 2. The van der Waals surface area contributed by atoms with Gasteiger partial charge >= 0.3 is 27.4 Å². The van der Waals surface area contributed by atoms with Crippen molar-refractivity contribution in [1.29, 1.82) is 0 Å². The largest absolute Gasteiger partial charge is 0.449 e. The molecule has 1 rings (SSSR count). The summed E-state index contributed by atoms with van der Waals surface area (Å²) in [5.41, 5.74) is -0.275. The number of carbonyl (C=O) groups is 2. The van der Waals surface area contributed by atoms with Gasteiger partial charge in [0, 0.05) is 34.1 Å². The Hall–Kier alpha value is -1.68. The molecular weight excluding hydrogens is 454 g/mol. The van der Waals surface area contributed by atoms with E-state index in [2.05, 4.69) is 10.6 Å². The molecule has 0 fully saturated rings. The highest BCUT2D eigenvalue weighted by Gasteiger charge is 2.27. The average Bonchev–Trinajstić information content (AvgIpc) is 2.75. The monoisotopic (exact) mass is 484 g/mol. The van der Waals surface area contributed by atoms with E-state index in [1.165, 1.54) is 28.4 Å². The zero-order valence-electron chi connectivity index (χ0n) is 18.2. The fraction of sp³-hybridized carbons (Fsp3) is 0.647. The van der Waals surface area contributed by atoms with Crippen LogP contribution in [0.25, 0.3) is 0 Å². The fourth-order valence-corrected chi connectivity index (χ4v) is 4.01. The van der Waals surface area contributed by atoms with Crippen molar-refractivity contribution in [3.8, 4) is 0 Å². The van der Waals surface area contributed by atoms with Crippen LogP contribution in [0, 0.1) is 0 Å². The second-order valence-electron chi connectivity index (χ2n) is 6.54. The molecule has 12 nitrogen and oxygen atoms in total. The van der Waals surface area contributed by atoms with E-state index in [9.17, 15) is 18.7 Å². The Morgan fingerprint density at radius 2 is 1.42 bits per heavy atom. The van der Waals surface area contributed by atoms with Crippen molar-refractivity contribution >= 4 is 27.4 Å². The van der Waals surface area contributed by atoms with Gasteiger partial charge in [-0.3, -0.25) is 14.4 Å². The molecule has 0 aromatic carbocycles. The van der Waals surface area contributed by atoms with Gasteiger partial charge in [-0.25, -0.2) is 9.59 Å². The van der Waals surface area contributed by atoms with Crippen LogP contribution in [0.15, 0.2) is 23.9 Å². The smallest absolute Gasteiger partial charge is 0.411 e. The van der Waals surface area contributed by atoms with Crippen molar-refractivity contribution in [3.05, 3.63) is 23.9 Å². The summed E-state index contributed by atoms with van der Waals surface area (Å²) in [6.07, 6.45) is 3.78. The second kappa shape index (κ2) is 12.4. The Kier molecular flexibility index (Phi) is 10.9. The van der Waals surface area contributed by atoms with Gasteiger partial charge in [-0.05, 0) is 19.4 Å². The van der Waals surface area contributed by atoms with Gasteiger partial charge in [0.25, 0.3) is 0 Å². The van der Waals surface area contributed by atoms with Crippen molar-refractivity contribution in [2.24, 2.45) is 0 Å². The molecule has 178 valence electrons. The van der Waals surface area contributed by atoms with E-state index in [4.69, 9.17) is 27.6 Å². The average molecular weight is 484 g/mol. The van der Waals surface area contributed by atoms with Crippen molar-refractivity contribution < 1.29 is 46.3 Å². The zero-order valence-corrected chi connectivity index (χ0v) is 20.0. The fourth-order valence-electron chi connectivity index (χ4n) is 2.35. The van der Waals surface area contributed by atoms with Gasteiger partial charge in [0.1, 0.15) is 13.2 Å². The minimum Gasteiger partial charge on any atom is -0.449 e. The lowest BCUT2D eigenvalue weighted by Crippen LogP contribution is -2.45. The Bertz CT molecular complexity index is 769. The summed E-state index contributed by atoms with van der Waals surface area (Å²) in [6.45, 7) is 1.47. The molecule has 0 aromatic heterocycles. The van der Waals surface area contributed by atoms with E-state index in [0.29, 0.717) is 12.1 Å². The number of alkyl carbamates (subject to hydrolysis) is 2. The SMILES string of the molecule is COP(=O)(CCOC(=O)NC1=CCC(C)(NC(=O)OCCP(=O)(OC)OC)C=C1)OC. The van der Waals surface area contributed by atoms with Crippen molar-refractivity contribution in [2.45, 2.75) is 18.9 Å². The lowest BCUT2D eigenvalue weighted by Gasteiger charge is -2.29. The standard InChI is InChI=1S/C17H30N2O10P2/c1-17(19-16(21)29-11-13-31(23,26-4)27-5)8-6-14(7-9-17)18-15(20)28-10-12-30(22,24-2)25-3/h6-8H,9-13H2,1-5H3,(H,18,20)(H,19,21). The maximum atomic E-state index is 12.0. The van der Waals surface area contributed by atoms with E-state index in [1.54, 1.807) is 25.2 Å². The lowest BCUT2D eigenvalue weighted by molar-refractivity contribution is 0.142. The van der Waals surface area contributed by atoms with Crippen LogP contribution >= 0.6 is 15.2 Å². The minimum absolute atomic E-state index is 0.0692.